The maximum absolute atomic E-state index is 3.39. The first kappa shape index (κ1) is 16.8. The van der Waals surface area contributed by atoms with E-state index in [2.05, 4.69) is 59.9 Å². The van der Waals surface area contributed by atoms with Crippen LogP contribution < -0.4 is 4.57 Å². The minimum atomic E-state index is 0.862. The van der Waals surface area contributed by atoms with Gasteiger partial charge in [-0.25, -0.2) is 4.98 Å². The normalized spacial score (nSPS) is 11.2. The van der Waals surface area contributed by atoms with E-state index in [-0.39, 0.29) is 0 Å². The maximum Gasteiger partial charge on any atom is 0.259 e. The molecule has 1 aromatic carbocycles. The van der Waals surface area contributed by atoms with E-state index < -0.39 is 0 Å². The Balaban J connectivity index is 1.65. The van der Waals surface area contributed by atoms with Gasteiger partial charge in [0.2, 0.25) is 0 Å². The number of nitrogens with one attached hydrogen (secondary N) is 1. The first-order chi connectivity index (χ1) is 10.8. The highest BCUT2D eigenvalue weighted by Crippen LogP contribution is 2.12. The van der Waals surface area contributed by atoms with Gasteiger partial charge in [0, 0.05) is 6.42 Å². The fourth-order valence-corrected chi connectivity index (χ4v) is 2.94. The van der Waals surface area contributed by atoms with Crippen LogP contribution in [0.2, 0.25) is 0 Å². The van der Waals surface area contributed by atoms with Crippen LogP contribution in [0.15, 0.2) is 42.7 Å². The lowest BCUT2D eigenvalue weighted by Gasteiger charge is -2.04. The van der Waals surface area contributed by atoms with Gasteiger partial charge < -0.3 is 0 Å². The summed E-state index contributed by atoms with van der Waals surface area (Å²) in [5.74, 6) is 2.17. The van der Waals surface area contributed by atoms with E-state index in [9.17, 15) is 0 Å². The van der Waals surface area contributed by atoms with Crippen LogP contribution in [-0.2, 0) is 6.42 Å². The zero-order chi connectivity index (χ0) is 15.6. The van der Waals surface area contributed by atoms with Gasteiger partial charge >= 0.3 is 0 Å². The SMILES string of the molecule is CC(C)CCCCCCCCc1[nH]cc[n+]1-c1ccccc1. The summed E-state index contributed by atoms with van der Waals surface area (Å²) in [7, 11) is 0. The van der Waals surface area contributed by atoms with Crippen LogP contribution in [0.5, 0.6) is 0 Å². The number of aromatic amines is 1. The second kappa shape index (κ2) is 9.45. The zero-order valence-corrected chi connectivity index (χ0v) is 14.2. The van der Waals surface area contributed by atoms with Gasteiger partial charge in [0.05, 0.1) is 0 Å². The summed E-state index contributed by atoms with van der Waals surface area (Å²) in [5.41, 5.74) is 1.24. The number of para-hydroxylation sites is 1. The average molecular weight is 299 g/mol. The van der Waals surface area contributed by atoms with Crippen LogP contribution in [0.25, 0.3) is 5.69 Å². The van der Waals surface area contributed by atoms with E-state index >= 15 is 0 Å². The lowest BCUT2D eigenvalue weighted by molar-refractivity contribution is -0.603. The lowest BCUT2D eigenvalue weighted by atomic mass is 10.0. The van der Waals surface area contributed by atoms with E-state index in [1.807, 2.05) is 6.20 Å². The van der Waals surface area contributed by atoms with Crippen LogP contribution in [0, 0.1) is 5.92 Å². The van der Waals surface area contributed by atoms with Crippen molar-refractivity contribution in [2.75, 3.05) is 0 Å². The molecule has 22 heavy (non-hydrogen) atoms. The topological polar surface area (TPSA) is 19.7 Å². The van der Waals surface area contributed by atoms with Crippen molar-refractivity contribution in [3.63, 3.8) is 0 Å². The van der Waals surface area contributed by atoms with Crippen LogP contribution in [-0.4, -0.2) is 4.98 Å². The number of imidazole rings is 1. The third-order valence-corrected chi connectivity index (χ3v) is 4.24. The van der Waals surface area contributed by atoms with Crippen molar-refractivity contribution in [2.24, 2.45) is 5.92 Å². The zero-order valence-electron chi connectivity index (χ0n) is 14.2. The number of rotatable bonds is 10. The molecule has 0 amide bonds. The predicted octanol–water partition coefficient (Wildman–Crippen LogP) is 5.22. The Hall–Kier alpha value is -1.57. The van der Waals surface area contributed by atoms with Gasteiger partial charge in [-0.05, 0) is 24.5 Å². The molecule has 1 N–H and O–H groups in total. The molecule has 0 saturated heterocycles. The molecule has 2 nitrogen and oxygen atoms in total. The number of H-pyrrole nitrogens is 1. The molecule has 0 fully saturated rings. The number of aromatic nitrogens is 2. The molecule has 0 spiro atoms. The Bertz CT molecular complexity index is 514. The van der Waals surface area contributed by atoms with Crippen molar-refractivity contribution in [3.05, 3.63) is 48.5 Å². The quantitative estimate of drug-likeness (QED) is 0.458. The molecule has 2 heteroatoms. The van der Waals surface area contributed by atoms with Crippen LogP contribution >= 0.6 is 0 Å². The smallest absolute Gasteiger partial charge is 0.247 e. The summed E-state index contributed by atoms with van der Waals surface area (Å²) in [5, 5.41) is 0. The number of hydrogen-bond donors (Lipinski definition) is 1. The fraction of sp³-hybridized carbons (Fsp3) is 0.550. The summed E-state index contributed by atoms with van der Waals surface area (Å²) in [6.07, 6.45) is 14.9. The highest BCUT2D eigenvalue weighted by Gasteiger charge is 2.11. The summed E-state index contributed by atoms with van der Waals surface area (Å²) >= 11 is 0. The third kappa shape index (κ3) is 5.67. The molecule has 0 atom stereocenters. The molecule has 0 aliphatic carbocycles. The van der Waals surface area contributed by atoms with Crippen molar-refractivity contribution >= 4 is 0 Å². The minimum Gasteiger partial charge on any atom is -0.247 e. The van der Waals surface area contributed by atoms with Gasteiger partial charge in [0.15, 0.2) is 0 Å². The fourth-order valence-electron chi connectivity index (χ4n) is 2.94. The van der Waals surface area contributed by atoms with Gasteiger partial charge in [0.25, 0.3) is 5.82 Å². The van der Waals surface area contributed by atoms with Gasteiger partial charge in [-0.2, -0.15) is 4.57 Å². The molecular formula is C20H31N2+. The highest BCUT2D eigenvalue weighted by molar-refractivity contribution is 5.21. The molecule has 1 heterocycles. The van der Waals surface area contributed by atoms with E-state index in [1.54, 1.807) is 0 Å². The average Bonchev–Trinajstić information content (AvgIpc) is 2.99. The van der Waals surface area contributed by atoms with Crippen molar-refractivity contribution in [3.8, 4) is 5.69 Å². The number of benzene rings is 1. The van der Waals surface area contributed by atoms with Crippen molar-refractivity contribution < 1.29 is 4.57 Å². The Morgan fingerprint density at radius 1 is 0.909 bits per heavy atom. The summed E-state index contributed by atoms with van der Waals surface area (Å²) in [6, 6.07) is 10.6. The summed E-state index contributed by atoms with van der Waals surface area (Å²) < 4.78 is 2.27. The Labute approximate surface area is 135 Å². The van der Waals surface area contributed by atoms with E-state index in [0.29, 0.717) is 0 Å². The summed E-state index contributed by atoms with van der Waals surface area (Å²) in [6.45, 7) is 4.64. The largest absolute Gasteiger partial charge is 0.259 e. The van der Waals surface area contributed by atoms with Crippen molar-refractivity contribution in [1.82, 2.24) is 4.98 Å². The monoisotopic (exact) mass is 299 g/mol. The number of nitrogens with zero attached hydrogens (tertiary/aromatic N) is 1. The van der Waals surface area contributed by atoms with Gasteiger partial charge in [-0.1, -0.05) is 70.6 Å². The highest BCUT2D eigenvalue weighted by atomic mass is 15.1. The van der Waals surface area contributed by atoms with Gasteiger partial charge in [-0.3, -0.25) is 0 Å². The van der Waals surface area contributed by atoms with E-state index in [1.165, 1.54) is 56.5 Å². The first-order valence-electron chi connectivity index (χ1n) is 8.90. The minimum absolute atomic E-state index is 0.862. The molecule has 0 aliphatic heterocycles. The molecular weight excluding hydrogens is 268 g/mol. The molecule has 0 radical (unpaired) electrons. The molecule has 0 unspecified atom stereocenters. The first-order valence-corrected chi connectivity index (χ1v) is 8.90. The van der Waals surface area contributed by atoms with Gasteiger partial charge in [-0.15, -0.1) is 0 Å². The Morgan fingerprint density at radius 2 is 1.59 bits per heavy atom. The molecule has 120 valence electrons. The number of hydrogen-bond acceptors (Lipinski definition) is 0. The molecule has 1 aromatic heterocycles. The standard InChI is InChI=1S/C20H30N2/c1-18(2)12-8-5-3-4-6-11-15-20-21-16-17-22(20)19-13-9-7-10-14-19/h7,9-10,13-14,16-18H,3-6,8,11-12,15H2,1-2H3/p+1. The molecule has 2 aromatic rings. The molecule has 0 aliphatic rings. The van der Waals surface area contributed by atoms with Crippen molar-refractivity contribution in [2.45, 2.75) is 65.2 Å². The lowest BCUT2D eigenvalue weighted by Crippen LogP contribution is -2.32. The van der Waals surface area contributed by atoms with Crippen LogP contribution in [0.1, 0.15) is 64.6 Å². The second-order valence-corrected chi connectivity index (χ2v) is 6.67. The maximum atomic E-state index is 3.39. The molecule has 0 bridgehead atoms. The Kier molecular flexibility index (Phi) is 7.21. The number of unbranched alkanes of at least 4 members (excludes halogenated alkanes) is 5. The van der Waals surface area contributed by atoms with E-state index in [0.717, 1.165) is 12.3 Å². The number of aryl methyl sites for hydroxylation is 1. The van der Waals surface area contributed by atoms with Crippen LogP contribution in [0.4, 0.5) is 0 Å². The van der Waals surface area contributed by atoms with Gasteiger partial charge in [0.1, 0.15) is 18.1 Å². The summed E-state index contributed by atoms with van der Waals surface area (Å²) in [4.78, 5) is 3.39. The van der Waals surface area contributed by atoms with E-state index in [4.69, 9.17) is 0 Å². The van der Waals surface area contributed by atoms with Crippen LogP contribution in [0.3, 0.4) is 0 Å². The second-order valence-electron chi connectivity index (χ2n) is 6.67. The third-order valence-electron chi connectivity index (χ3n) is 4.24. The predicted molar refractivity (Wildman–Crippen MR) is 93.2 cm³/mol. The molecule has 2 rings (SSSR count). The molecule has 0 saturated carbocycles. The van der Waals surface area contributed by atoms with Crippen molar-refractivity contribution in [1.29, 1.82) is 0 Å². The Morgan fingerprint density at radius 3 is 2.32 bits per heavy atom.